The maximum Gasteiger partial charge on any atom is 0.390 e. The number of ether oxygens (including phenoxy) is 2. The largest absolute Gasteiger partial charge is 0.454 e. The lowest BCUT2D eigenvalue weighted by Crippen LogP contribution is -2.26. The third-order valence-corrected chi connectivity index (χ3v) is 6.63. The molecule has 184 valence electrons. The Morgan fingerprint density at radius 3 is 2.57 bits per heavy atom. The van der Waals surface area contributed by atoms with E-state index in [1.807, 2.05) is 0 Å². The smallest absolute Gasteiger partial charge is 0.390 e. The number of imidazole rings is 1. The zero-order chi connectivity index (χ0) is 25.1. The van der Waals surface area contributed by atoms with Crippen LogP contribution in [0.25, 0.3) is 21.9 Å². The van der Waals surface area contributed by atoms with Gasteiger partial charge in [-0.3, -0.25) is 13.7 Å². The summed E-state index contributed by atoms with van der Waals surface area (Å²) in [5.74, 6) is -0.423. The highest BCUT2D eigenvalue weighted by molar-refractivity contribution is 7.60. The molecule has 35 heavy (non-hydrogen) atoms. The number of pyridine rings is 1. The molecule has 3 heterocycles. The third kappa shape index (κ3) is 4.15. The molecule has 0 bridgehead atoms. The van der Waals surface area contributed by atoms with Gasteiger partial charge in [-0.1, -0.05) is 6.07 Å². The fraction of sp³-hybridized carbons (Fsp3) is 0.238. The van der Waals surface area contributed by atoms with Crippen molar-refractivity contribution in [2.24, 2.45) is 0 Å². The lowest BCUT2D eigenvalue weighted by Gasteiger charge is -2.10. The van der Waals surface area contributed by atoms with Crippen LogP contribution >= 0.6 is 7.60 Å². The molecule has 2 aromatic heterocycles. The average molecular weight is 513 g/mol. The normalized spacial score (nSPS) is 13.8. The minimum absolute atomic E-state index is 0.0429. The monoisotopic (exact) mass is 513 g/mol. The van der Waals surface area contributed by atoms with Crippen LogP contribution in [0, 0.1) is 5.82 Å². The number of benzene rings is 2. The van der Waals surface area contributed by atoms with Crippen molar-refractivity contribution < 1.29 is 41.4 Å². The summed E-state index contributed by atoms with van der Waals surface area (Å²) in [6.07, 6.45) is -4.49. The molecule has 0 atom stereocenters. The Bertz CT molecular complexity index is 1590. The molecule has 1 aliphatic heterocycles. The Morgan fingerprint density at radius 1 is 1.11 bits per heavy atom. The van der Waals surface area contributed by atoms with Gasteiger partial charge >= 0.3 is 19.5 Å². The Kier molecular flexibility index (Phi) is 5.38. The summed E-state index contributed by atoms with van der Waals surface area (Å²) >= 11 is 0. The number of hydrogen-bond acceptors (Lipinski definition) is 5. The summed E-state index contributed by atoms with van der Waals surface area (Å²) in [4.78, 5) is 36.1. The van der Waals surface area contributed by atoms with E-state index >= 15 is 0 Å². The maximum absolute atomic E-state index is 14.4. The fourth-order valence-electron chi connectivity index (χ4n) is 4.10. The van der Waals surface area contributed by atoms with Crippen LogP contribution in [0.4, 0.5) is 17.6 Å². The number of hydrogen-bond donors (Lipinski definition) is 2. The molecule has 14 heteroatoms. The number of halogens is 4. The summed E-state index contributed by atoms with van der Waals surface area (Å²) in [5.41, 5.74) is 0.105. The molecule has 0 spiro atoms. The van der Waals surface area contributed by atoms with Crippen molar-refractivity contribution in [1.82, 2.24) is 14.1 Å². The number of aromatic nitrogens is 3. The van der Waals surface area contributed by atoms with Gasteiger partial charge in [0.25, 0.3) is 0 Å². The van der Waals surface area contributed by atoms with Crippen LogP contribution in [0.2, 0.25) is 0 Å². The van der Waals surface area contributed by atoms with Crippen molar-refractivity contribution >= 4 is 34.8 Å². The number of fused-ring (bicyclic) bond motifs is 5. The van der Waals surface area contributed by atoms with Crippen molar-refractivity contribution in [3.63, 3.8) is 0 Å². The zero-order valence-electron chi connectivity index (χ0n) is 17.6. The first-order valence-electron chi connectivity index (χ1n) is 10.2. The lowest BCUT2D eigenvalue weighted by atomic mass is 10.1. The Labute approximate surface area is 193 Å². The van der Waals surface area contributed by atoms with E-state index in [0.717, 1.165) is 16.7 Å². The summed E-state index contributed by atoms with van der Waals surface area (Å²) in [6.45, 7) is -0.978. The van der Waals surface area contributed by atoms with Crippen molar-refractivity contribution in [2.75, 3.05) is 6.79 Å². The van der Waals surface area contributed by atoms with E-state index in [1.165, 1.54) is 16.8 Å². The molecule has 0 radical (unpaired) electrons. The summed E-state index contributed by atoms with van der Waals surface area (Å²) < 4.78 is 77.5. The standard InChI is InChI=1S/C21H16F4N3O6P/c22-13-7-11(1-4-16(13)35(30,31)32)9-28-18-12-2-3-15-19(34-10-33-15)17(12)26-8-14(18)27(20(28)29)6-5-21(23,24)25/h1-4,7-8H,5-6,9-10H2,(H2,30,31,32). The van der Waals surface area contributed by atoms with Crippen LogP contribution in [0.5, 0.6) is 11.5 Å². The molecule has 0 unspecified atom stereocenters. The van der Waals surface area contributed by atoms with Crippen molar-refractivity contribution in [3.8, 4) is 11.5 Å². The predicted molar refractivity (Wildman–Crippen MR) is 115 cm³/mol. The fourth-order valence-corrected chi connectivity index (χ4v) is 4.71. The van der Waals surface area contributed by atoms with Gasteiger partial charge in [0.15, 0.2) is 11.5 Å². The molecular weight excluding hydrogens is 497 g/mol. The van der Waals surface area contributed by atoms with E-state index < -0.39 is 43.5 Å². The van der Waals surface area contributed by atoms with E-state index in [0.29, 0.717) is 22.4 Å². The molecule has 4 aromatic rings. The van der Waals surface area contributed by atoms with E-state index in [4.69, 9.17) is 9.47 Å². The maximum atomic E-state index is 14.4. The molecule has 5 rings (SSSR count). The Hall–Kier alpha value is -3.41. The third-order valence-electron chi connectivity index (χ3n) is 5.63. The predicted octanol–water partition coefficient (Wildman–Crippen LogP) is 3.02. The highest BCUT2D eigenvalue weighted by atomic mass is 31.2. The van der Waals surface area contributed by atoms with Gasteiger partial charge in [-0.15, -0.1) is 0 Å². The van der Waals surface area contributed by atoms with E-state index in [1.54, 1.807) is 12.1 Å². The second-order valence-electron chi connectivity index (χ2n) is 7.90. The van der Waals surface area contributed by atoms with Crippen molar-refractivity contribution in [3.05, 3.63) is 58.4 Å². The van der Waals surface area contributed by atoms with Crippen LogP contribution in [-0.4, -0.2) is 36.9 Å². The topological polar surface area (TPSA) is 116 Å². The molecule has 1 aliphatic rings. The molecule has 2 aromatic carbocycles. The minimum Gasteiger partial charge on any atom is -0.454 e. The van der Waals surface area contributed by atoms with Gasteiger partial charge in [0.2, 0.25) is 6.79 Å². The van der Waals surface area contributed by atoms with Gasteiger partial charge in [-0.05, 0) is 29.8 Å². The minimum atomic E-state index is -4.86. The summed E-state index contributed by atoms with van der Waals surface area (Å²) in [5, 5.41) is -0.398. The lowest BCUT2D eigenvalue weighted by molar-refractivity contribution is -0.136. The second-order valence-corrected chi connectivity index (χ2v) is 9.47. The first kappa shape index (κ1) is 23.3. The van der Waals surface area contributed by atoms with Crippen LogP contribution < -0.4 is 20.5 Å². The van der Waals surface area contributed by atoms with Gasteiger partial charge in [-0.25, -0.2) is 14.2 Å². The molecule has 0 fully saturated rings. The van der Waals surface area contributed by atoms with Crippen LogP contribution in [0.15, 0.2) is 41.3 Å². The Balaban J connectivity index is 1.71. The van der Waals surface area contributed by atoms with Crippen LogP contribution in [-0.2, 0) is 17.7 Å². The van der Waals surface area contributed by atoms with Crippen LogP contribution in [0.3, 0.4) is 0 Å². The van der Waals surface area contributed by atoms with Gasteiger partial charge in [0.05, 0.1) is 35.5 Å². The molecule has 0 aliphatic carbocycles. The second kappa shape index (κ2) is 8.08. The average Bonchev–Trinajstić information content (AvgIpc) is 3.34. The summed E-state index contributed by atoms with van der Waals surface area (Å²) in [7, 11) is -4.86. The number of rotatable bonds is 5. The van der Waals surface area contributed by atoms with Crippen LogP contribution in [0.1, 0.15) is 12.0 Å². The van der Waals surface area contributed by atoms with Gasteiger partial charge in [0.1, 0.15) is 11.3 Å². The highest BCUT2D eigenvalue weighted by Crippen LogP contribution is 2.40. The van der Waals surface area contributed by atoms with Gasteiger partial charge in [0, 0.05) is 11.9 Å². The highest BCUT2D eigenvalue weighted by Gasteiger charge is 2.29. The molecule has 0 amide bonds. The van der Waals surface area contributed by atoms with Gasteiger partial charge in [-0.2, -0.15) is 13.2 Å². The first-order chi connectivity index (χ1) is 16.4. The summed E-state index contributed by atoms with van der Waals surface area (Å²) in [6, 6.07) is 6.21. The van der Waals surface area contributed by atoms with E-state index in [9.17, 15) is 36.7 Å². The molecule has 9 nitrogen and oxygen atoms in total. The zero-order valence-corrected chi connectivity index (χ0v) is 18.5. The van der Waals surface area contributed by atoms with Crippen molar-refractivity contribution in [1.29, 1.82) is 0 Å². The van der Waals surface area contributed by atoms with E-state index in [-0.39, 0.29) is 29.9 Å². The first-order valence-corrected chi connectivity index (χ1v) is 11.8. The number of nitrogens with zero attached hydrogens (tertiary/aromatic N) is 3. The van der Waals surface area contributed by atoms with E-state index in [2.05, 4.69) is 4.98 Å². The Morgan fingerprint density at radius 2 is 1.89 bits per heavy atom. The molecule has 0 saturated carbocycles. The van der Waals surface area contributed by atoms with Gasteiger partial charge < -0.3 is 19.3 Å². The van der Waals surface area contributed by atoms with Crippen molar-refractivity contribution in [2.45, 2.75) is 25.7 Å². The molecular formula is C21H16F4N3O6P. The quantitative estimate of drug-likeness (QED) is 0.311. The molecule has 0 saturated heterocycles. The number of aryl methyl sites for hydroxylation is 1. The molecule has 2 N–H and O–H groups in total. The SMILES string of the molecule is O=c1n(CCC(F)(F)F)c2cnc3c4c(ccc3c2n1Cc1ccc(P(=O)(O)O)c(F)c1)OCO4. The number of alkyl halides is 3.